The van der Waals surface area contributed by atoms with E-state index in [-0.39, 0.29) is 11.9 Å². The largest absolute Gasteiger partial charge is 0.462 e. The summed E-state index contributed by atoms with van der Waals surface area (Å²) in [6, 6.07) is 13.0. The molecule has 0 aliphatic carbocycles. The van der Waals surface area contributed by atoms with Crippen LogP contribution >= 0.6 is 11.3 Å². The van der Waals surface area contributed by atoms with Crippen molar-refractivity contribution >= 4 is 44.3 Å². The van der Waals surface area contributed by atoms with Gasteiger partial charge < -0.3 is 19.0 Å². The molecule has 0 aliphatic rings. The lowest BCUT2D eigenvalue weighted by Crippen LogP contribution is -2.19. The van der Waals surface area contributed by atoms with Crippen LogP contribution < -0.4 is 4.80 Å². The number of fused-ring (bicyclic) bond motifs is 2. The number of para-hydroxylation sites is 1. The van der Waals surface area contributed by atoms with Gasteiger partial charge in [0.1, 0.15) is 0 Å². The highest BCUT2D eigenvalue weighted by Gasteiger charge is 2.15. The Morgan fingerprint density at radius 3 is 2.77 bits per heavy atom. The second-order valence-corrected chi connectivity index (χ2v) is 7.81. The zero-order valence-corrected chi connectivity index (χ0v) is 18.2. The highest BCUT2D eigenvalue weighted by Crippen LogP contribution is 2.21. The number of hydrogen-bond acceptors (Lipinski definition) is 5. The number of rotatable bonds is 7. The number of aromatic nitrogens is 2. The van der Waals surface area contributed by atoms with Crippen LogP contribution in [0.25, 0.3) is 21.1 Å². The van der Waals surface area contributed by atoms with Crippen molar-refractivity contribution in [3.8, 4) is 0 Å². The lowest BCUT2D eigenvalue weighted by atomic mass is 10.2. The molecule has 31 heavy (non-hydrogen) atoms. The molecule has 0 radical (unpaired) electrons. The zero-order chi connectivity index (χ0) is 21.8. The van der Waals surface area contributed by atoms with Gasteiger partial charge in [0, 0.05) is 30.3 Å². The third kappa shape index (κ3) is 4.30. The van der Waals surface area contributed by atoms with Gasteiger partial charge in [-0.3, -0.25) is 4.79 Å². The quantitative estimate of drug-likeness (QED) is 0.348. The van der Waals surface area contributed by atoms with E-state index in [4.69, 9.17) is 9.47 Å². The standard InChI is InChI=1S/C23H23N3O4S/c1-3-29-12-11-26-19-10-9-15(22(28)30-4-2)13-20(19)31-23(26)25-21(27)17-14-24-18-8-6-5-7-16(17)18/h5-10,13-14,24H,3-4,11-12H2,1-2H3. The van der Waals surface area contributed by atoms with E-state index in [9.17, 15) is 9.59 Å². The lowest BCUT2D eigenvalue weighted by molar-refractivity contribution is 0.0526. The van der Waals surface area contributed by atoms with Crippen LogP contribution in [0.4, 0.5) is 0 Å². The van der Waals surface area contributed by atoms with Gasteiger partial charge in [0.2, 0.25) is 0 Å². The van der Waals surface area contributed by atoms with E-state index in [1.807, 2.05) is 41.8 Å². The van der Waals surface area contributed by atoms with Gasteiger partial charge in [0.15, 0.2) is 4.80 Å². The molecule has 0 spiro atoms. The predicted molar refractivity (Wildman–Crippen MR) is 120 cm³/mol. The van der Waals surface area contributed by atoms with E-state index in [0.29, 0.717) is 42.3 Å². The molecule has 4 rings (SSSR count). The van der Waals surface area contributed by atoms with Crippen LogP contribution in [0.2, 0.25) is 0 Å². The van der Waals surface area contributed by atoms with Gasteiger partial charge >= 0.3 is 5.97 Å². The maximum Gasteiger partial charge on any atom is 0.338 e. The Morgan fingerprint density at radius 2 is 1.97 bits per heavy atom. The van der Waals surface area contributed by atoms with E-state index in [1.165, 1.54) is 11.3 Å². The Morgan fingerprint density at radius 1 is 1.13 bits per heavy atom. The lowest BCUT2D eigenvalue weighted by Gasteiger charge is -2.06. The Kier molecular flexibility index (Phi) is 6.29. The molecule has 0 saturated heterocycles. The van der Waals surface area contributed by atoms with Gasteiger partial charge in [0.25, 0.3) is 5.91 Å². The Hall–Kier alpha value is -3.23. The molecular weight excluding hydrogens is 414 g/mol. The fourth-order valence-corrected chi connectivity index (χ4v) is 4.51. The van der Waals surface area contributed by atoms with Crippen molar-refractivity contribution in [2.45, 2.75) is 20.4 Å². The molecule has 1 N–H and O–H groups in total. The molecule has 0 fully saturated rings. The minimum absolute atomic E-state index is 0.315. The summed E-state index contributed by atoms with van der Waals surface area (Å²) in [6.07, 6.45) is 1.69. The average Bonchev–Trinajstić information content (AvgIpc) is 3.35. The molecule has 2 aromatic carbocycles. The van der Waals surface area contributed by atoms with Crippen molar-refractivity contribution in [1.82, 2.24) is 9.55 Å². The number of carbonyl (C=O) groups is 2. The van der Waals surface area contributed by atoms with E-state index in [0.717, 1.165) is 21.1 Å². The molecule has 1 amide bonds. The van der Waals surface area contributed by atoms with Gasteiger partial charge in [-0.15, -0.1) is 0 Å². The molecule has 0 saturated carbocycles. The minimum Gasteiger partial charge on any atom is -0.462 e. The van der Waals surface area contributed by atoms with Crippen LogP contribution in [0.3, 0.4) is 0 Å². The topological polar surface area (TPSA) is 85.7 Å². The number of aromatic amines is 1. The first-order valence-electron chi connectivity index (χ1n) is 10.2. The highest BCUT2D eigenvalue weighted by atomic mass is 32.1. The second-order valence-electron chi connectivity index (χ2n) is 6.80. The minimum atomic E-state index is -0.368. The number of thiazole rings is 1. The van der Waals surface area contributed by atoms with E-state index in [2.05, 4.69) is 9.98 Å². The highest BCUT2D eigenvalue weighted by molar-refractivity contribution is 7.16. The van der Waals surface area contributed by atoms with Crippen molar-refractivity contribution < 1.29 is 19.1 Å². The van der Waals surface area contributed by atoms with Crippen LogP contribution in [-0.4, -0.2) is 41.2 Å². The first-order chi connectivity index (χ1) is 15.1. The fourth-order valence-electron chi connectivity index (χ4n) is 3.41. The number of ether oxygens (including phenoxy) is 2. The number of amides is 1. The number of esters is 1. The van der Waals surface area contributed by atoms with Gasteiger partial charge in [-0.2, -0.15) is 4.99 Å². The molecule has 0 atom stereocenters. The number of nitrogens with zero attached hydrogens (tertiary/aromatic N) is 2. The van der Waals surface area contributed by atoms with Gasteiger partial charge in [-0.1, -0.05) is 29.5 Å². The first kappa shape index (κ1) is 21.0. The molecule has 0 bridgehead atoms. The summed E-state index contributed by atoms with van der Waals surface area (Å²) >= 11 is 1.36. The van der Waals surface area contributed by atoms with Crippen LogP contribution in [0, 0.1) is 0 Å². The molecule has 0 aliphatic heterocycles. The first-order valence-corrected chi connectivity index (χ1v) is 11.0. The van der Waals surface area contributed by atoms with Crippen molar-refractivity contribution in [3.05, 3.63) is 64.6 Å². The third-order valence-electron chi connectivity index (χ3n) is 4.87. The van der Waals surface area contributed by atoms with E-state index >= 15 is 0 Å². The summed E-state index contributed by atoms with van der Waals surface area (Å²) in [5.41, 5.74) is 2.78. The molecular formula is C23H23N3O4S. The fraction of sp³-hybridized carbons (Fsp3) is 0.261. The normalized spacial score (nSPS) is 12.0. The van der Waals surface area contributed by atoms with Crippen molar-refractivity contribution in [2.24, 2.45) is 4.99 Å². The summed E-state index contributed by atoms with van der Waals surface area (Å²) in [7, 11) is 0. The predicted octanol–water partition coefficient (Wildman–Crippen LogP) is 4.14. The van der Waals surface area contributed by atoms with Gasteiger partial charge in [-0.05, 0) is 38.1 Å². The van der Waals surface area contributed by atoms with Crippen LogP contribution in [-0.2, 0) is 16.0 Å². The maximum atomic E-state index is 13.0. The third-order valence-corrected chi connectivity index (χ3v) is 5.92. The average molecular weight is 438 g/mol. The Labute approximate surface area is 182 Å². The number of benzene rings is 2. The maximum absolute atomic E-state index is 13.0. The zero-order valence-electron chi connectivity index (χ0n) is 17.4. The van der Waals surface area contributed by atoms with Crippen LogP contribution in [0.5, 0.6) is 0 Å². The number of carbonyl (C=O) groups excluding carboxylic acids is 2. The second kappa shape index (κ2) is 9.28. The molecule has 7 nitrogen and oxygen atoms in total. The smallest absolute Gasteiger partial charge is 0.338 e. The van der Waals surface area contributed by atoms with Gasteiger partial charge in [-0.25, -0.2) is 4.79 Å². The monoisotopic (exact) mass is 437 g/mol. The molecule has 160 valence electrons. The molecule has 0 unspecified atom stereocenters. The molecule has 2 aromatic heterocycles. The Balaban J connectivity index is 1.79. The molecule has 2 heterocycles. The van der Waals surface area contributed by atoms with Crippen molar-refractivity contribution in [3.63, 3.8) is 0 Å². The van der Waals surface area contributed by atoms with Crippen molar-refractivity contribution in [2.75, 3.05) is 19.8 Å². The number of hydrogen-bond donors (Lipinski definition) is 1. The number of nitrogens with one attached hydrogen (secondary N) is 1. The summed E-state index contributed by atoms with van der Waals surface area (Å²) in [6.45, 7) is 5.68. The molecule has 8 heteroatoms. The summed E-state index contributed by atoms with van der Waals surface area (Å²) in [5, 5.41) is 0.836. The summed E-state index contributed by atoms with van der Waals surface area (Å²) < 4.78 is 13.4. The van der Waals surface area contributed by atoms with E-state index in [1.54, 1.807) is 25.3 Å². The Bertz CT molecular complexity index is 1320. The molecule has 4 aromatic rings. The summed E-state index contributed by atoms with van der Waals surface area (Å²) in [5.74, 6) is -0.688. The van der Waals surface area contributed by atoms with Gasteiger partial charge in [0.05, 0.1) is 34.6 Å². The van der Waals surface area contributed by atoms with Crippen LogP contribution in [0.1, 0.15) is 34.6 Å². The van der Waals surface area contributed by atoms with Crippen molar-refractivity contribution in [1.29, 1.82) is 0 Å². The SMILES string of the molecule is CCOCCn1c(=NC(=O)c2c[nH]c3ccccc23)sc2cc(C(=O)OCC)ccc21. The summed E-state index contributed by atoms with van der Waals surface area (Å²) in [4.78, 5) is 33.2. The van der Waals surface area contributed by atoms with Crippen LogP contribution in [0.15, 0.2) is 53.7 Å². The number of H-pyrrole nitrogens is 1. The van der Waals surface area contributed by atoms with E-state index < -0.39 is 0 Å².